The molecule has 0 aromatic heterocycles. The van der Waals surface area contributed by atoms with Crippen LogP contribution in [0.1, 0.15) is 34.6 Å². The van der Waals surface area contributed by atoms with Crippen LogP contribution in [0.2, 0.25) is 0 Å². The Kier molecular flexibility index (Phi) is 4.40. The van der Waals surface area contributed by atoms with Gasteiger partial charge in [-0.25, -0.2) is 0 Å². The van der Waals surface area contributed by atoms with Crippen LogP contribution in [0, 0.1) is 0 Å². The average Bonchev–Trinajstić information content (AvgIpc) is 2.39. The molecular weight excluding hydrogens is 200 g/mol. The standard InChI is InChI=1S/C12H8O2.C2H6/c13-7-11-5-9-3-1-2-4-10(9)6-12(11)8-14;1-2/h1-8H;1-2H3. The molecule has 0 spiro atoms. The molecule has 0 bridgehead atoms. The highest BCUT2D eigenvalue weighted by Crippen LogP contribution is 2.17. The zero-order valence-corrected chi connectivity index (χ0v) is 9.44. The largest absolute Gasteiger partial charge is 0.298 e. The Morgan fingerprint density at radius 1 is 0.812 bits per heavy atom. The zero-order chi connectivity index (χ0) is 12.0. The van der Waals surface area contributed by atoms with Crippen molar-refractivity contribution in [3.63, 3.8) is 0 Å². The first-order valence-corrected chi connectivity index (χ1v) is 5.28. The summed E-state index contributed by atoms with van der Waals surface area (Å²) in [6.07, 6.45) is 1.41. The maximum atomic E-state index is 10.7. The maximum Gasteiger partial charge on any atom is 0.150 e. The summed E-state index contributed by atoms with van der Waals surface area (Å²) in [7, 11) is 0. The zero-order valence-electron chi connectivity index (χ0n) is 9.44. The molecule has 0 radical (unpaired) electrons. The van der Waals surface area contributed by atoms with E-state index in [-0.39, 0.29) is 0 Å². The maximum absolute atomic E-state index is 10.7. The van der Waals surface area contributed by atoms with Crippen LogP contribution in [0.4, 0.5) is 0 Å². The van der Waals surface area contributed by atoms with Crippen molar-refractivity contribution in [1.82, 2.24) is 0 Å². The van der Waals surface area contributed by atoms with Gasteiger partial charge < -0.3 is 0 Å². The molecule has 2 rings (SSSR count). The molecule has 0 aliphatic heterocycles. The fourth-order valence-electron chi connectivity index (χ4n) is 1.48. The van der Waals surface area contributed by atoms with Gasteiger partial charge in [-0.15, -0.1) is 0 Å². The van der Waals surface area contributed by atoms with E-state index in [0.717, 1.165) is 10.8 Å². The lowest BCUT2D eigenvalue weighted by molar-refractivity contribution is 0.109. The molecule has 2 nitrogen and oxygen atoms in total. The molecular formula is C14H14O2. The van der Waals surface area contributed by atoms with E-state index < -0.39 is 0 Å². The minimum absolute atomic E-state index is 0.443. The van der Waals surface area contributed by atoms with E-state index in [0.29, 0.717) is 23.7 Å². The Morgan fingerprint density at radius 3 is 1.50 bits per heavy atom. The summed E-state index contributed by atoms with van der Waals surface area (Å²) in [6, 6.07) is 11.1. The van der Waals surface area contributed by atoms with Gasteiger partial charge in [-0.1, -0.05) is 38.1 Å². The van der Waals surface area contributed by atoms with Crippen molar-refractivity contribution < 1.29 is 9.59 Å². The first kappa shape index (κ1) is 12.1. The van der Waals surface area contributed by atoms with Gasteiger partial charge in [0.15, 0.2) is 12.6 Å². The highest BCUT2D eigenvalue weighted by Gasteiger charge is 2.02. The van der Waals surface area contributed by atoms with E-state index in [4.69, 9.17) is 0 Å². The van der Waals surface area contributed by atoms with E-state index in [1.165, 1.54) is 0 Å². The van der Waals surface area contributed by atoms with E-state index in [2.05, 4.69) is 0 Å². The van der Waals surface area contributed by atoms with Gasteiger partial charge in [0, 0.05) is 11.1 Å². The van der Waals surface area contributed by atoms with Crippen molar-refractivity contribution in [1.29, 1.82) is 0 Å². The third-order valence-electron chi connectivity index (χ3n) is 2.21. The van der Waals surface area contributed by atoms with Crippen molar-refractivity contribution in [2.24, 2.45) is 0 Å². The van der Waals surface area contributed by atoms with Gasteiger partial charge in [0.2, 0.25) is 0 Å². The first-order chi connectivity index (χ1) is 7.85. The number of carbonyl (C=O) groups is 2. The molecule has 2 aromatic rings. The van der Waals surface area contributed by atoms with Crippen molar-refractivity contribution in [2.45, 2.75) is 13.8 Å². The van der Waals surface area contributed by atoms with Gasteiger partial charge in [-0.3, -0.25) is 9.59 Å². The fourth-order valence-corrected chi connectivity index (χ4v) is 1.48. The second-order valence-electron chi connectivity index (χ2n) is 3.06. The van der Waals surface area contributed by atoms with Gasteiger partial charge in [-0.05, 0) is 22.9 Å². The van der Waals surface area contributed by atoms with Gasteiger partial charge in [0.05, 0.1) is 0 Å². The van der Waals surface area contributed by atoms with E-state index in [9.17, 15) is 9.59 Å². The number of aldehydes is 2. The smallest absolute Gasteiger partial charge is 0.150 e. The van der Waals surface area contributed by atoms with Crippen molar-refractivity contribution in [3.8, 4) is 0 Å². The number of benzene rings is 2. The minimum atomic E-state index is 0.443. The number of hydrogen-bond donors (Lipinski definition) is 0. The molecule has 0 N–H and O–H groups in total. The SMILES string of the molecule is CC.O=Cc1cc2ccccc2cc1C=O. The molecule has 0 amide bonds. The summed E-state index contributed by atoms with van der Waals surface area (Å²) in [4.78, 5) is 21.3. The molecule has 2 aromatic carbocycles. The normalized spacial score (nSPS) is 9.12. The number of rotatable bonds is 2. The number of fused-ring (bicyclic) bond motifs is 1. The summed E-state index contributed by atoms with van der Waals surface area (Å²) in [5.74, 6) is 0. The third kappa shape index (κ3) is 2.34. The summed E-state index contributed by atoms with van der Waals surface area (Å²) < 4.78 is 0. The van der Waals surface area contributed by atoms with Gasteiger partial charge in [0.25, 0.3) is 0 Å². The second-order valence-corrected chi connectivity index (χ2v) is 3.06. The van der Waals surface area contributed by atoms with Gasteiger partial charge in [0.1, 0.15) is 0 Å². The van der Waals surface area contributed by atoms with Crippen LogP contribution in [0.3, 0.4) is 0 Å². The third-order valence-corrected chi connectivity index (χ3v) is 2.21. The Hall–Kier alpha value is -1.96. The van der Waals surface area contributed by atoms with Gasteiger partial charge >= 0.3 is 0 Å². The van der Waals surface area contributed by atoms with Crippen LogP contribution < -0.4 is 0 Å². The molecule has 0 fully saturated rings. The minimum Gasteiger partial charge on any atom is -0.298 e. The lowest BCUT2D eigenvalue weighted by atomic mass is 10.0. The monoisotopic (exact) mass is 214 g/mol. The van der Waals surface area contributed by atoms with E-state index >= 15 is 0 Å². The summed E-state index contributed by atoms with van der Waals surface area (Å²) in [6.45, 7) is 4.00. The molecule has 2 heteroatoms. The highest BCUT2D eigenvalue weighted by atomic mass is 16.1. The molecule has 0 saturated carbocycles. The molecule has 0 saturated heterocycles. The molecule has 82 valence electrons. The molecule has 0 heterocycles. The van der Waals surface area contributed by atoms with E-state index in [1.54, 1.807) is 12.1 Å². The first-order valence-electron chi connectivity index (χ1n) is 5.28. The molecule has 0 aliphatic carbocycles. The molecule has 0 aliphatic rings. The number of hydrogen-bond acceptors (Lipinski definition) is 2. The Morgan fingerprint density at radius 2 is 1.19 bits per heavy atom. The Bertz CT molecular complexity index is 455. The predicted octanol–water partition coefficient (Wildman–Crippen LogP) is 3.49. The van der Waals surface area contributed by atoms with Crippen LogP contribution in [-0.2, 0) is 0 Å². The van der Waals surface area contributed by atoms with Crippen molar-refractivity contribution in [3.05, 3.63) is 47.5 Å². The Labute approximate surface area is 94.9 Å². The fraction of sp³-hybridized carbons (Fsp3) is 0.143. The molecule has 16 heavy (non-hydrogen) atoms. The second kappa shape index (κ2) is 5.81. The average molecular weight is 214 g/mol. The van der Waals surface area contributed by atoms with E-state index in [1.807, 2.05) is 38.1 Å². The summed E-state index contributed by atoms with van der Waals surface area (Å²) in [5, 5.41) is 1.94. The lowest BCUT2D eigenvalue weighted by Gasteiger charge is -2.00. The summed E-state index contributed by atoms with van der Waals surface area (Å²) >= 11 is 0. The molecule has 0 atom stereocenters. The number of carbonyl (C=O) groups excluding carboxylic acids is 2. The van der Waals surface area contributed by atoms with Crippen LogP contribution in [0.15, 0.2) is 36.4 Å². The van der Waals surface area contributed by atoms with Crippen LogP contribution in [-0.4, -0.2) is 12.6 Å². The van der Waals surface area contributed by atoms with Gasteiger partial charge in [-0.2, -0.15) is 0 Å². The quantitative estimate of drug-likeness (QED) is 0.717. The van der Waals surface area contributed by atoms with Crippen molar-refractivity contribution in [2.75, 3.05) is 0 Å². The summed E-state index contributed by atoms with van der Waals surface area (Å²) in [5.41, 5.74) is 0.886. The van der Waals surface area contributed by atoms with Crippen molar-refractivity contribution >= 4 is 23.3 Å². The predicted molar refractivity (Wildman–Crippen MR) is 66.1 cm³/mol. The van der Waals surface area contributed by atoms with Crippen LogP contribution >= 0.6 is 0 Å². The molecule has 0 unspecified atom stereocenters. The highest BCUT2D eigenvalue weighted by molar-refractivity contribution is 5.98. The van der Waals surface area contributed by atoms with Crippen LogP contribution in [0.25, 0.3) is 10.8 Å². The topological polar surface area (TPSA) is 34.1 Å². The Balaban J connectivity index is 0.000000606. The van der Waals surface area contributed by atoms with Crippen LogP contribution in [0.5, 0.6) is 0 Å². The lowest BCUT2D eigenvalue weighted by Crippen LogP contribution is -1.90.